The zero-order valence-electron chi connectivity index (χ0n) is 11.3. The third kappa shape index (κ3) is 1.97. The second-order valence-electron chi connectivity index (χ2n) is 6.13. The topological polar surface area (TPSA) is 57.9 Å². The summed E-state index contributed by atoms with van der Waals surface area (Å²) in [5.41, 5.74) is 7.42. The Morgan fingerprint density at radius 1 is 1.50 bits per heavy atom. The molecule has 0 spiro atoms. The molecule has 100 valence electrons. The van der Waals surface area contributed by atoms with E-state index in [0.717, 1.165) is 18.9 Å². The van der Waals surface area contributed by atoms with Gasteiger partial charge in [0.25, 0.3) is 0 Å². The molecule has 4 heteroatoms. The number of aromatic nitrogens is 2. The normalized spacial score (nSPS) is 28.0. The number of imidazole rings is 1. The summed E-state index contributed by atoms with van der Waals surface area (Å²) < 4.78 is 0. The summed E-state index contributed by atoms with van der Waals surface area (Å²) in [6.07, 6.45) is 8.30. The van der Waals surface area contributed by atoms with Crippen molar-refractivity contribution in [2.24, 2.45) is 5.73 Å². The first kappa shape index (κ1) is 12.2. The van der Waals surface area contributed by atoms with Crippen LogP contribution in [0.3, 0.4) is 0 Å². The predicted octanol–water partition coefficient (Wildman–Crippen LogP) is 1.60. The maximum absolute atomic E-state index is 5.94. The van der Waals surface area contributed by atoms with E-state index in [9.17, 15) is 0 Å². The number of rotatable bonds is 3. The summed E-state index contributed by atoms with van der Waals surface area (Å²) in [6, 6.07) is 0. The Kier molecular flexibility index (Phi) is 3.16. The van der Waals surface area contributed by atoms with E-state index in [0.29, 0.717) is 5.92 Å². The highest BCUT2D eigenvalue weighted by Gasteiger charge is 2.40. The van der Waals surface area contributed by atoms with Gasteiger partial charge in [-0.25, -0.2) is 4.98 Å². The minimum Gasteiger partial charge on any atom is -0.345 e. The highest BCUT2D eigenvalue weighted by atomic mass is 15.1. The molecule has 4 nitrogen and oxygen atoms in total. The standard InChI is InChI=1S/C14H24N4/c1-18-7-2-4-11(9-18)12-8-16-13(17-12)14(10-15)5-3-6-14/h8,11H,2-7,9-10,15H2,1H3,(H,16,17). The lowest BCUT2D eigenvalue weighted by atomic mass is 9.68. The lowest BCUT2D eigenvalue weighted by Gasteiger charge is -2.39. The number of H-pyrrole nitrogens is 1. The molecule has 2 fully saturated rings. The number of likely N-dealkylation sites (tertiary alicyclic amines) is 1. The first-order valence-corrected chi connectivity index (χ1v) is 7.17. The van der Waals surface area contributed by atoms with Crippen LogP contribution in [0.25, 0.3) is 0 Å². The molecule has 1 aliphatic carbocycles. The fraction of sp³-hybridized carbons (Fsp3) is 0.786. The quantitative estimate of drug-likeness (QED) is 0.854. The molecule has 1 aliphatic heterocycles. The largest absolute Gasteiger partial charge is 0.345 e. The molecule has 1 aromatic rings. The third-order valence-corrected chi connectivity index (χ3v) is 4.86. The molecule has 0 bridgehead atoms. The summed E-state index contributed by atoms with van der Waals surface area (Å²) in [7, 11) is 2.21. The predicted molar refractivity (Wildman–Crippen MR) is 72.6 cm³/mol. The van der Waals surface area contributed by atoms with Gasteiger partial charge in [-0.3, -0.25) is 0 Å². The van der Waals surface area contributed by atoms with Gasteiger partial charge >= 0.3 is 0 Å². The van der Waals surface area contributed by atoms with Crippen molar-refractivity contribution in [1.82, 2.24) is 14.9 Å². The summed E-state index contributed by atoms with van der Waals surface area (Å²) >= 11 is 0. The molecule has 0 aromatic carbocycles. The molecule has 0 radical (unpaired) electrons. The Bertz CT molecular complexity index is 402. The molecule has 1 aromatic heterocycles. The van der Waals surface area contributed by atoms with Gasteiger partial charge in [0.05, 0.1) is 0 Å². The fourth-order valence-electron chi connectivity index (χ4n) is 3.37. The van der Waals surface area contributed by atoms with Crippen molar-refractivity contribution in [3.63, 3.8) is 0 Å². The van der Waals surface area contributed by atoms with Crippen LogP contribution >= 0.6 is 0 Å². The number of aromatic amines is 1. The summed E-state index contributed by atoms with van der Waals surface area (Å²) in [5, 5.41) is 0. The van der Waals surface area contributed by atoms with Crippen molar-refractivity contribution < 1.29 is 0 Å². The lowest BCUT2D eigenvalue weighted by molar-refractivity contribution is 0.236. The van der Waals surface area contributed by atoms with Crippen LogP contribution in [-0.4, -0.2) is 41.5 Å². The molecule has 18 heavy (non-hydrogen) atoms. The van der Waals surface area contributed by atoms with Gasteiger partial charge in [-0.15, -0.1) is 0 Å². The van der Waals surface area contributed by atoms with Gasteiger partial charge in [-0.05, 0) is 39.3 Å². The number of piperidine rings is 1. The molecular weight excluding hydrogens is 224 g/mol. The highest BCUT2D eigenvalue weighted by molar-refractivity contribution is 5.19. The van der Waals surface area contributed by atoms with Crippen LogP contribution in [0.1, 0.15) is 49.5 Å². The molecule has 3 N–H and O–H groups in total. The maximum Gasteiger partial charge on any atom is 0.113 e. The van der Waals surface area contributed by atoms with Gasteiger partial charge in [-0.1, -0.05) is 6.42 Å². The van der Waals surface area contributed by atoms with Crippen LogP contribution in [0.4, 0.5) is 0 Å². The van der Waals surface area contributed by atoms with E-state index in [-0.39, 0.29) is 5.41 Å². The number of nitrogens with one attached hydrogen (secondary N) is 1. The molecule has 1 unspecified atom stereocenters. The van der Waals surface area contributed by atoms with Crippen molar-refractivity contribution in [1.29, 1.82) is 0 Å². The summed E-state index contributed by atoms with van der Waals surface area (Å²) in [4.78, 5) is 10.6. The zero-order chi connectivity index (χ0) is 12.6. The van der Waals surface area contributed by atoms with Crippen LogP contribution in [0.2, 0.25) is 0 Å². The van der Waals surface area contributed by atoms with E-state index in [2.05, 4.69) is 28.1 Å². The Hall–Kier alpha value is -0.870. The van der Waals surface area contributed by atoms with Crippen LogP contribution in [0.15, 0.2) is 6.20 Å². The maximum atomic E-state index is 5.94. The monoisotopic (exact) mass is 248 g/mol. The molecule has 1 atom stereocenters. The Balaban J connectivity index is 1.76. The molecule has 3 rings (SSSR count). The van der Waals surface area contributed by atoms with E-state index in [1.54, 1.807) is 0 Å². The van der Waals surface area contributed by atoms with Crippen molar-refractivity contribution in [3.8, 4) is 0 Å². The van der Waals surface area contributed by atoms with Gasteiger partial charge in [-0.2, -0.15) is 0 Å². The van der Waals surface area contributed by atoms with Gasteiger partial charge in [0.2, 0.25) is 0 Å². The second-order valence-corrected chi connectivity index (χ2v) is 6.13. The van der Waals surface area contributed by atoms with Crippen molar-refractivity contribution in [2.45, 2.75) is 43.4 Å². The van der Waals surface area contributed by atoms with Crippen molar-refractivity contribution >= 4 is 0 Å². The van der Waals surface area contributed by atoms with Crippen molar-refractivity contribution in [2.75, 3.05) is 26.7 Å². The minimum atomic E-state index is 0.165. The third-order valence-electron chi connectivity index (χ3n) is 4.86. The van der Waals surface area contributed by atoms with Crippen molar-refractivity contribution in [3.05, 3.63) is 17.7 Å². The molecule has 2 heterocycles. The first-order chi connectivity index (χ1) is 8.73. The average molecular weight is 248 g/mol. The zero-order valence-corrected chi connectivity index (χ0v) is 11.3. The van der Waals surface area contributed by atoms with E-state index in [1.165, 1.54) is 44.3 Å². The minimum absolute atomic E-state index is 0.165. The van der Waals surface area contributed by atoms with Gasteiger partial charge < -0.3 is 15.6 Å². The molecule has 1 saturated heterocycles. The molecule has 2 aliphatic rings. The van der Waals surface area contributed by atoms with E-state index in [4.69, 9.17) is 5.73 Å². The van der Waals surface area contributed by atoms with Crippen LogP contribution in [0, 0.1) is 0 Å². The van der Waals surface area contributed by atoms with E-state index in [1.807, 2.05) is 0 Å². The number of hydrogen-bond donors (Lipinski definition) is 2. The Morgan fingerprint density at radius 2 is 2.33 bits per heavy atom. The number of hydrogen-bond acceptors (Lipinski definition) is 3. The molecule has 0 amide bonds. The molecular formula is C14H24N4. The van der Waals surface area contributed by atoms with Gasteiger partial charge in [0, 0.05) is 36.3 Å². The highest BCUT2D eigenvalue weighted by Crippen LogP contribution is 2.41. The number of nitrogens with two attached hydrogens (primary N) is 1. The lowest BCUT2D eigenvalue weighted by Crippen LogP contribution is -2.42. The SMILES string of the molecule is CN1CCCC(c2cnc(C3(CN)CCC3)[nH]2)C1. The summed E-state index contributed by atoms with van der Waals surface area (Å²) in [6.45, 7) is 3.10. The Labute approximate surface area is 109 Å². The average Bonchev–Trinajstić information content (AvgIpc) is 2.78. The second kappa shape index (κ2) is 4.67. The Morgan fingerprint density at radius 3 is 2.94 bits per heavy atom. The van der Waals surface area contributed by atoms with E-state index < -0.39 is 0 Å². The fourth-order valence-corrected chi connectivity index (χ4v) is 3.37. The van der Waals surface area contributed by atoms with Gasteiger partial charge in [0.15, 0.2) is 0 Å². The number of likely N-dealkylation sites (N-methyl/N-ethyl adjacent to an activating group) is 1. The van der Waals surface area contributed by atoms with Crippen LogP contribution < -0.4 is 5.73 Å². The first-order valence-electron chi connectivity index (χ1n) is 7.17. The molecule has 1 saturated carbocycles. The number of nitrogens with zero attached hydrogens (tertiary/aromatic N) is 2. The van der Waals surface area contributed by atoms with Crippen LogP contribution in [0.5, 0.6) is 0 Å². The van der Waals surface area contributed by atoms with Gasteiger partial charge in [0.1, 0.15) is 5.82 Å². The van der Waals surface area contributed by atoms with Crippen LogP contribution in [-0.2, 0) is 5.41 Å². The summed E-state index contributed by atoms with van der Waals surface area (Å²) in [5.74, 6) is 1.76. The smallest absolute Gasteiger partial charge is 0.113 e. The van der Waals surface area contributed by atoms with E-state index >= 15 is 0 Å².